The molecule has 0 aromatic heterocycles. The van der Waals surface area contributed by atoms with Crippen LogP contribution in [0, 0.1) is 5.41 Å². The molecule has 27 heavy (non-hydrogen) atoms. The Balaban J connectivity index is 1.38. The van der Waals surface area contributed by atoms with E-state index in [1.54, 1.807) is 6.07 Å². The van der Waals surface area contributed by atoms with Crippen molar-refractivity contribution in [2.24, 2.45) is 5.41 Å². The molecule has 3 heterocycles. The number of carbonyl (C=O) groups is 2. The topological polar surface area (TPSA) is 59.1 Å². The van der Waals surface area contributed by atoms with E-state index in [1.165, 1.54) is 0 Å². The molecule has 146 valence electrons. The van der Waals surface area contributed by atoms with E-state index in [1.807, 2.05) is 22.8 Å². The van der Waals surface area contributed by atoms with E-state index in [0.29, 0.717) is 49.2 Å². The zero-order chi connectivity index (χ0) is 19.0. The highest BCUT2D eigenvalue weighted by Crippen LogP contribution is 2.41. The highest BCUT2D eigenvalue weighted by molar-refractivity contribution is 6.31. The van der Waals surface area contributed by atoms with Crippen LogP contribution in [0.1, 0.15) is 31.7 Å². The van der Waals surface area contributed by atoms with Gasteiger partial charge in [0.05, 0.1) is 6.42 Å². The minimum Gasteiger partial charge on any atom is -0.486 e. The minimum absolute atomic E-state index is 0.0541. The summed E-state index contributed by atoms with van der Waals surface area (Å²) in [5.74, 6) is 1.60. The summed E-state index contributed by atoms with van der Waals surface area (Å²) in [7, 11) is 0. The van der Waals surface area contributed by atoms with Gasteiger partial charge in [-0.15, -0.1) is 0 Å². The van der Waals surface area contributed by atoms with E-state index in [-0.39, 0.29) is 23.7 Å². The second-order valence-electron chi connectivity index (χ2n) is 7.73. The van der Waals surface area contributed by atoms with E-state index in [2.05, 4.69) is 0 Å². The first-order valence-electron chi connectivity index (χ1n) is 9.63. The van der Waals surface area contributed by atoms with Crippen LogP contribution in [-0.2, 0) is 16.0 Å². The molecule has 6 nitrogen and oxygen atoms in total. The van der Waals surface area contributed by atoms with Gasteiger partial charge in [-0.3, -0.25) is 9.59 Å². The maximum absolute atomic E-state index is 12.8. The minimum atomic E-state index is 0.0541. The molecule has 2 saturated heterocycles. The Morgan fingerprint density at radius 3 is 2.48 bits per heavy atom. The summed E-state index contributed by atoms with van der Waals surface area (Å²) >= 11 is 6.34. The number of likely N-dealkylation sites (tertiary alicyclic amines) is 2. The molecule has 0 radical (unpaired) electrons. The van der Waals surface area contributed by atoms with E-state index in [9.17, 15) is 9.59 Å². The van der Waals surface area contributed by atoms with Crippen molar-refractivity contribution in [3.8, 4) is 11.5 Å². The Bertz CT molecular complexity index is 759. The number of ether oxygens (including phenoxy) is 2. The van der Waals surface area contributed by atoms with Crippen LogP contribution >= 0.6 is 11.6 Å². The highest BCUT2D eigenvalue weighted by Gasteiger charge is 2.44. The summed E-state index contributed by atoms with van der Waals surface area (Å²) in [5, 5.41) is 0.529. The van der Waals surface area contributed by atoms with Gasteiger partial charge in [-0.05, 0) is 31.4 Å². The second kappa shape index (κ2) is 7.23. The average Bonchev–Trinajstić information content (AvgIpc) is 2.98. The molecule has 0 aliphatic carbocycles. The zero-order valence-corrected chi connectivity index (χ0v) is 16.4. The van der Waals surface area contributed by atoms with Crippen LogP contribution < -0.4 is 9.47 Å². The number of benzene rings is 1. The fourth-order valence-electron chi connectivity index (χ4n) is 4.35. The van der Waals surface area contributed by atoms with Crippen LogP contribution in [0.15, 0.2) is 12.1 Å². The molecule has 3 aliphatic rings. The maximum atomic E-state index is 12.8. The van der Waals surface area contributed by atoms with Crippen molar-refractivity contribution in [1.82, 2.24) is 9.80 Å². The molecule has 4 rings (SSSR count). The van der Waals surface area contributed by atoms with Gasteiger partial charge in [0.15, 0.2) is 11.5 Å². The van der Waals surface area contributed by atoms with Crippen molar-refractivity contribution >= 4 is 23.4 Å². The third kappa shape index (κ3) is 3.59. The van der Waals surface area contributed by atoms with Crippen molar-refractivity contribution in [2.75, 3.05) is 39.4 Å². The van der Waals surface area contributed by atoms with Gasteiger partial charge >= 0.3 is 0 Å². The molecule has 0 N–H and O–H groups in total. The van der Waals surface area contributed by atoms with E-state index < -0.39 is 0 Å². The Labute approximate surface area is 164 Å². The number of hydrogen-bond acceptors (Lipinski definition) is 4. The number of piperidine rings is 1. The average molecular weight is 393 g/mol. The van der Waals surface area contributed by atoms with Gasteiger partial charge < -0.3 is 19.3 Å². The van der Waals surface area contributed by atoms with Crippen molar-refractivity contribution in [3.05, 3.63) is 22.7 Å². The molecule has 0 saturated carbocycles. The molecule has 7 heteroatoms. The molecule has 0 unspecified atom stereocenters. The number of fused-ring (bicyclic) bond motifs is 1. The van der Waals surface area contributed by atoms with Gasteiger partial charge in [-0.25, -0.2) is 0 Å². The Kier molecular flexibility index (Phi) is 4.93. The summed E-state index contributed by atoms with van der Waals surface area (Å²) in [6.07, 6.45) is 2.64. The number of halogens is 1. The standard InChI is InChI=1S/C20H25ClN2O4/c1-2-22-13-20(12-19(22)25)3-5-23(6-4-20)18(24)10-14-9-16-17(11-15(14)21)27-8-7-26-16/h9,11H,2-8,10,12-13H2,1H3. The van der Waals surface area contributed by atoms with E-state index >= 15 is 0 Å². The summed E-state index contributed by atoms with van der Waals surface area (Å²) in [6.45, 7) is 6.04. The summed E-state index contributed by atoms with van der Waals surface area (Å²) < 4.78 is 11.1. The van der Waals surface area contributed by atoms with E-state index in [0.717, 1.165) is 31.5 Å². The van der Waals surface area contributed by atoms with Crippen molar-refractivity contribution < 1.29 is 19.1 Å². The Hall–Kier alpha value is -1.95. The van der Waals surface area contributed by atoms with Crippen LogP contribution in [0.2, 0.25) is 5.02 Å². The highest BCUT2D eigenvalue weighted by atomic mass is 35.5. The summed E-state index contributed by atoms with van der Waals surface area (Å²) in [6, 6.07) is 3.54. The SMILES string of the molecule is CCN1CC2(CCN(C(=O)Cc3cc4c(cc3Cl)OCCO4)CC2)CC1=O. The van der Waals surface area contributed by atoms with Crippen LogP contribution in [0.5, 0.6) is 11.5 Å². The molecule has 1 aromatic rings. The van der Waals surface area contributed by atoms with Crippen molar-refractivity contribution in [2.45, 2.75) is 32.6 Å². The monoisotopic (exact) mass is 392 g/mol. The third-order valence-corrected chi connectivity index (χ3v) is 6.37. The first-order chi connectivity index (χ1) is 13.0. The first-order valence-corrected chi connectivity index (χ1v) is 10.0. The van der Waals surface area contributed by atoms with Gasteiger partial charge in [-0.1, -0.05) is 11.6 Å². The molecule has 1 aromatic carbocycles. The van der Waals surface area contributed by atoms with Gasteiger partial charge in [0.2, 0.25) is 11.8 Å². The lowest BCUT2D eigenvalue weighted by Gasteiger charge is -2.39. The lowest BCUT2D eigenvalue weighted by Crippen LogP contribution is -2.44. The zero-order valence-electron chi connectivity index (χ0n) is 15.6. The van der Waals surface area contributed by atoms with Crippen LogP contribution in [0.3, 0.4) is 0 Å². The fraction of sp³-hybridized carbons (Fsp3) is 0.600. The maximum Gasteiger partial charge on any atom is 0.227 e. The van der Waals surface area contributed by atoms with Gasteiger partial charge in [0.1, 0.15) is 13.2 Å². The molecular formula is C20H25ClN2O4. The number of carbonyl (C=O) groups excluding carboxylic acids is 2. The Morgan fingerprint density at radius 2 is 1.85 bits per heavy atom. The van der Waals surface area contributed by atoms with Crippen LogP contribution in [0.4, 0.5) is 0 Å². The third-order valence-electron chi connectivity index (χ3n) is 6.02. The number of nitrogens with zero attached hydrogens (tertiary/aromatic N) is 2. The molecule has 0 bridgehead atoms. The van der Waals surface area contributed by atoms with Crippen molar-refractivity contribution in [1.29, 1.82) is 0 Å². The molecule has 3 aliphatic heterocycles. The largest absolute Gasteiger partial charge is 0.486 e. The number of amides is 2. The summed E-state index contributed by atoms with van der Waals surface area (Å²) in [5.41, 5.74) is 0.817. The normalized spacial score (nSPS) is 21.0. The van der Waals surface area contributed by atoms with Crippen LogP contribution in [-0.4, -0.2) is 61.0 Å². The Morgan fingerprint density at radius 1 is 1.19 bits per heavy atom. The van der Waals surface area contributed by atoms with Crippen molar-refractivity contribution in [3.63, 3.8) is 0 Å². The predicted molar refractivity (Wildman–Crippen MR) is 101 cm³/mol. The fourth-order valence-corrected chi connectivity index (χ4v) is 4.57. The first kappa shape index (κ1) is 18.4. The number of rotatable bonds is 3. The summed E-state index contributed by atoms with van der Waals surface area (Å²) in [4.78, 5) is 28.7. The molecule has 2 fully saturated rings. The lowest BCUT2D eigenvalue weighted by atomic mass is 9.77. The quantitative estimate of drug-likeness (QED) is 0.793. The van der Waals surface area contributed by atoms with Gasteiger partial charge in [0, 0.05) is 49.1 Å². The lowest BCUT2D eigenvalue weighted by molar-refractivity contribution is -0.132. The van der Waals surface area contributed by atoms with Gasteiger partial charge in [0.25, 0.3) is 0 Å². The van der Waals surface area contributed by atoms with Gasteiger partial charge in [-0.2, -0.15) is 0 Å². The second-order valence-corrected chi connectivity index (χ2v) is 8.14. The van der Waals surface area contributed by atoms with E-state index in [4.69, 9.17) is 21.1 Å². The molecule has 2 amide bonds. The molecular weight excluding hydrogens is 368 g/mol. The number of hydrogen-bond donors (Lipinski definition) is 0. The predicted octanol–water partition coefficient (Wildman–Crippen LogP) is 2.51. The molecule has 1 spiro atoms. The smallest absolute Gasteiger partial charge is 0.227 e. The molecule has 0 atom stereocenters. The van der Waals surface area contributed by atoms with Crippen LogP contribution in [0.25, 0.3) is 0 Å².